The van der Waals surface area contributed by atoms with Gasteiger partial charge in [0.05, 0.1) is 25.2 Å². The Kier molecular flexibility index (Phi) is 12.6. The first kappa shape index (κ1) is 22.9. The van der Waals surface area contributed by atoms with Crippen molar-refractivity contribution < 1.29 is 33.6 Å². The largest absolute Gasteiger partial charge is 0.463 e. The summed E-state index contributed by atoms with van der Waals surface area (Å²) in [5.41, 5.74) is -0.586. The van der Waals surface area contributed by atoms with Gasteiger partial charge < -0.3 is 24.1 Å². The van der Waals surface area contributed by atoms with Crippen LogP contribution in [0.1, 0.15) is 13.8 Å². The molecule has 0 aromatic heterocycles. The molecule has 24 heavy (non-hydrogen) atoms. The quantitative estimate of drug-likeness (QED) is 0.278. The van der Waals surface area contributed by atoms with Crippen molar-refractivity contribution in [2.45, 2.75) is 20.0 Å². The number of aliphatic hydroxyl groups is 1. The van der Waals surface area contributed by atoms with Gasteiger partial charge in [-0.15, -0.1) is 0 Å². The molecule has 0 spiro atoms. The molecule has 1 N–H and O–H groups in total. The Bertz CT molecular complexity index is 385. The molecule has 0 rings (SSSR count). The van der Waals surface area contributed by atoms with E-state index in [9.17, 15) is 14.7 Å². The minimum Gasteiger partial charge on any atom is -0.463 e. The fourth-order valence-electron chi connectivity index (χ4n) is 1.42. The summed E-state index contributed by atoms with van der Waals surface area (Å²) in [6, 6.07) is 0. The zero-order valence-electron chi connectivity index (χ0n) is 14.6. The normalized spacial score (nSPS) is 12.5. The molecule has 0 aromatic carbocycles. The number of methoxy groups -OCH3 is 1. The fraction of sp³-hybridized carbons (Fsp3) is 0.750. The Balaban J connectivity index is 3.71. The number of hydrogen-bond donors (Lipinski definition) is 1. The molecule has 0 saturated carbocycles. The molecule has 0 aromatic rings. The summed E-state index contributed by atoms with van der Waals surface area (Å²) >= 11 is 1.56. The van der Waals surface area contributed by atoms with E-state index in [1.807, 2.05) is 13.8 Å². The van der Waals surface area contributed by atoms with E-state index in [1.165, 1.54) is 0 Å². The molecule has 0 fully saturated rings. The van der Waals surface area contributed by atoms with Crippen LogP contribution in [0.15, 0.2) is 12.7 Å². The molecule has 8 heteroatoms. The number of aliphatic hydroxyl groups excluding tert-OH is 1. The number of esters is 2. The van der Waals surface area contributed by atoms with Crippen LogP contribution in [0.25, 0.3) is 0 Å². The second-order valence-electron chi connectivity index (χ2n) is 5.63. The lowest BCUT2D eigenvalue weighted by molar-refractivity contribution is -0.153. The van der Waals surface area contributed by atoms with Crippen molar-refractivity contribution in [3.63, 3.8) is 0 Å². The van der Waals surface area contributed by atoms with Crippen LogP contribution in [-0.2, 0) is 28.5 Å². The minimum atomic E-state index is -0.869. The SMILES string of the molecule is C=CC(=O)OCC(O)COCCSCC(C)(C)C(=O)OCCOC. The van der Waals surface area contributed by atoms with Crippen molar-refractivity contribution in [1.82, 2.24) is 0 Å². The van der Waals surface area contributed by atoms with Gasteiger partial charge in [0.25, 0.3) is 0 Å². The van der Waals surface area contributed by atoms with E-state index in [-0.39, 0.29) is 25.8 Å². The summed E-state index contributed by atoms with van der Waals surface area (Å²) in [4.78, 5) is 22.7. The zero-order chi connectivity index (χ0) is 18.4. The molecule has 140 valence electrons. The number of hydrogen-bond acceptors (Lipinski definition) is 8. The van der Waals surface area contributed by atoms with Crippen LogP contribution < -0.4 is 0 Å². The second-order valence-corrected chi connectivity index (χ2v) is 6.73. The van der Waals surface area contributed by atoms with Gasteiger partial charge in [-0.05, 0) is 13.8 Å². The Morgan fingerprint density at radius 2 is 1.92 bits per heavy atom. The third-order valence-corrected chi connectivity index (χ3v) is 4.18. The first-order valence-electron chi connectivity index (χ1n) is 7.62. The maximum atomic E-state index is 11.9. The molecule has 0 aliphatic rings. The fourth-order valence-corrected chi connectivity index (χ4v) is 2.43. The summed E-state index contributed by atoms with van der Waals surface area (Å²) in [7, 11) is 1.55. The lowest BCUT2D eigenvalue weighted by Crippen LogP contribution is -2.30. The van der Waals surface area contributed by atoms with E-state index in [0.29, 0.717) is 24.7 Å². The molecule has 0 aliphatic carbocycles. The van der Waals surface area contributed by atoms with E-state index < -0.39 is 17.5 Å². The highest BCUT2D eigenvalue weighted by molar-refractivity contribution is 7.99. The van der Waals surface area contributed by atoms with E-state index in [4.69, 9.17) is 14.2 Å². The molecule has 0 radical (unpaired) electrons. The lowest BCUT2D eigenvalue weighted by atomic mass is 9.97. The average molecular weight is 364 g/mol. The maximum absolute atomic E-state index is 11.9. The third kappa shape index (κ3) is 11.4. The van der Waals surface area contributed by atoms with Crippen molar-refractivity contribution in [1.29, 1.82) is 0 Å². The molecule has 0 heterocycles. The van der Waals surface area contributed by atoms with Gasteiger partial charge in [0.2, 0.25) is 0 Å². The highest BCUT2D eigenvalue weighted by atomic mass is 32.2. The lowest BCUT2D eigenvalue weighted by Gasteiger charge is -2.22. The number of carbonyl (C=O) groups is 2. The highest BCUT2D eigenvalue weighted by Gasteiger charge is 2.29. The van der Waals surface area contributed by atoms with Gasteiger partial charge in [-0.25, -0.2) is 4.79 Å². The molecule has 0 saturated heterocycles. The number of carbonyl (C=O) groups excluding carboxylic acids is 2. The standard InChI is InChI=1S/C16H28O7S/c1-5-14(18)23-11-13(17)10-21-8-9-24-12-16(2,3)15(19)22-7-6-20-4/h5,13,17H,1,6-12H2,2-4H3. The number of rotatable bonds is 14. The van der Waals surface area contributed by atoms with Gasteiger partial charge in [0.15, 0.2) is 0 Å². The van der Waals surface area contributed by atoms with E-state index >= 15 is 0 Å². The van der Waals surface area contributed by atoms with Crippen LogP contribution in [0, 0.1) is 5.41 Å². The van der Waals surface area contributed by atoms with Crippen LogP contribution in [0.3, 0.4) is 0 Å². The van der Waals surface area contributed by atoms with Crippen LogP contribution in [-0.4, -0.2) is 74.8 Å². The molecule has 1 atom stereocenters. The van der Waals surface area contributed by atoms with Gasteiger partial charge in [-0.1, -0.05) is 6.58 Å². The second kappa shape index (κ2) is 13.2. The smallest absolute Gasteiger partial charge is 0.330 e. The summed E-state index contributed by atoms with van der Waals surface area (Å²) in [6.45, 7) is 7.92. The Labute approximate surface area is 147 Å². The van der Waals surface area contributed by atoms with E-state index in [0.717, 1.165) is 6.08 Å². The van der Waals surface area contributed by atoms with Gasteiger partial charge in [0.1, 0.15) is 19.3 Å². The molecule has 7 nitrogen and oxygen atoms in total. The van der Waals surface area contributed by atoms with E-state index in [1.54, 1.807) is 18.9 Å². The molecule has 0 amide bonds. The van der Waals surface area contributed by atoms with Gasteiger partial charge in [-0.2, -0.15) is 11.8 Å². The summed E-state index contributed by atoms with van der Waals surface area (Å²) < 4.78 is 19.9. The molecule has 1 unspecified atom stereocenters. The monoisotopic (exact) mass is 364 g/mol. The molecular formula is C16H28O7S. The van der Waals surface area contributed by atoms with Gasteiger partial charge >= 0.3 is 11.9 Å². The number of ether oxygens (including phenoxy) is 4. The van der Waals surface area contributed by atoms with Crippen molar-refractivity contribution in [2.75, 3.05) is 51.6 Å². The van der Waals surface area contributed by atoms with Crippen molar-refractivity contribution in [2.24, 2.45) is 5.41 Å². The first-order chi connectivity index (χ1) is 11.3. The maximum Gasteiger partial charge on any atom is 0.330 e. The Morgan fingerprint density at radius 1 is 1.21 bits per heavy atom. The molecule has 0 aliphatic heterocycles. The van der Waals surface area contributed by atoms with Crippen LogP contribution in [0.4, 0.5) is 0 Å². The molecular weight excluding hydrogens is 336 g/mol. The summed E-state index contributed by atoms with van der Waals surface area (Å²) in [5, 5.41) is 9.54. The third-order valence-electron chi connectivity index (χ3n) is 2.80. The Morgan fingerprint density at radius 3 is 2.54 bits per heavy atom. The zero-order valence-corrected chi connectivity index (χ0v) is 15.4. The van der Waals surface area contributed by atoms with Crippen molar-refractivity contribution in [3.8, 4) is 0 Å². The van der Waals surface area contributed by atoms with E-state index in [2.05, 4.69) is 11.3 Å². The highest BCUT2D eigenvalue weighted by Crippen LogP contribution is 2.23. The van der Waals surface area contributed by atoms with Crippen molar-refractivity contribution >= 4 is 23.7 Å². The predicted molar refractivity (Wildman–Crippen MR) is 91.9 cm³/mol. The Hall–Kier alpha value is -1.09. The van der Waals surface area contributed by atoms with Crippen LogP contribution in [0.5, 0.6) is 0 Å². The van der Waals surface area contributed by atoms with Crippen LogP contribution >= 0.6 is 11.8 Å². The van der Waals surface area contributed by atoms with Gasteiger partial charge in [0, 0.05) is 24.7 Å². The predicted octanol–water partition coefficient (Wildman–Crippen LogP) is 1.04. The first-order valence-corrected chi connectivity index (χ1v) is 8.78. The average Bonchev–Trinajstić information content (AvgIpc) is 2.55. The number of thioether (sulfide) groups is 1. The molecule has 0 bridgehead atoms. The summed E-state index contributed by atoms with van der Waals surface area (Å²) in [6.07, 6.45) is 0.165. The van der Waals surface area contributed by atoms with Crippen molar-refractivity contribution in [3.05, 3.63) is 12.7 Å². The minimum absolute atomic E-state index is 0.0768. The van der Waals surface area contributed by atoms with Gasteiger partial charge in [-0.3, -0.25) is 4.79 Å². The van der Waals surface area contributed by atoms with Crippen LogP contribution in [0.2, 0.25) is 0 Å². The summed E-state index contributed by atoms with van der Waals surface area (Å²) in [5.74, 6) is 0.437. The topological polar surface area (TPSA) is 91.3 Å².